The largest absolute Gasteiger partial charge is 0.463 e. The topological polar surface area (TPSA) is 111 Å². The number of thiol groups is 1. The fraction of sp³-hybridized carbons (Fsp3) is 0.842. The second-order valence-corrected chi connectivity index (χ2v) is 8.17. The Kier molecular flexibility index (Phi) is 16.6. The molecule has 0 aromatic rings. The number of nitrogens with two attached hydrogens (primary N) is 1. The molecular weight excluding hydrogens is 402 g/mol. The Morgan fingerprint density at radius 2 is 1.68 bits per heavy atom. The third-order valence-electron chi connectivity index (χ3n) is 4.10. The summed E-state index contributed by atoms with van der Waals surface area (Å²) in [6.45, 7) is 8.11. The molecule has 166 valence electrons. The molecule has 0 aliphatic rings. The van der Waals surface area contributed by atoms with Gasteiger partial charge in [-0.25, -0.2) is 0 Å². The highest BCUT2D eigenvalue weighted by Crippen LogP contribution is 2.23. The van der Waals surface area contributed by atoms with Crippen molar-refractivity contribution in [1.82, 2.24) is 10.6 Å². The van der Waals surface area contributed by atoms with E-state index in [1.807, 2.05) is 13.8 Å². The summed E-state index contributed by atoms with van der Waals surface area (Å²) in [4.78, 5) is 36.9. The lowest BCUT2D eigenvalue weighted by Crippen LogP contribution is -2.49. The van der Waals surface area contributed by atoms with Crippen molar-refractivity contribution in [3.63, 3.8) is 0 Å². The lowest BCUT2D eigenvalue weighted by Gasteiger charge is -2.26. The van der Waals surface area contributed by atoms with Gasteiger partial charge >= 0.3 is 5.97 Å². The van der Waals surface area contributed by atoms with E-state index in [9.17, 15) is 14.4 Å². The number of esters is 1. The predicted octanol–water partition coefficient (Wildman–Crippen LogP) is 2.07. The molecule has 0 spiro atoms. The number of halogens is 1. The molecule has 0 saturated carbocycles. The maximum atomic E-state index is 12.9. The summed E-state index contributed by atoms with van der Waals surface area (Å²) in [6, 6.07) is -0.619. The number of hydrogen-bond donors (Lipinski definition) is 4. The monoisotopic (exact) mass is 439 g/mol. The van der Waals surface area contributed by atoms with Crippen LogP contribution in [0.4, 0.5) is 0 Å². The minimum Gasteiger partial charge on any atom is -0.463 e. The lowest BCUT2D eigenvalue weighted by molar-refractivity contribution is -0.147. The van der Waals surface area contributed by atoms with Gasteiger partial charge in [0.2, 0.25) is 11.8 Å². The molecule has 2 amide bonds. The van der Waals surface area contributed by atoms with Crippen LogP contribution < -0.4 is 16.4 Å². The Bertz CT molecular complexity index is 478. The van der Waals surface area contributed by atoms with Gasteiger partial charge in [-0.2, -0.15) is 12.6 Å². The molecule has 0 saturated heterocycles. The molecule has 0 heterocycles. The second kappa shape index (κ2) is 15.9. The average Bonchev–Trinajstić information content (AvgIpc) is 2.56. The van der Waals surface area contributed by atoms with Crippen molar-refractivity contribution in [1.29, 1.82) is 0 Å². The summed E-state index contributed by atoms with van der Waals surface area (Å²) >= 11 is 4.50. The summed E-state index contributed by atoms with van der Waals surface area (Å²) in [5.74, 6) is -1.12. The first kappa shape index (κ1) is 29.2. The zero-order chi connectivity index (χ0) is 21.0. The SMILES string of the molecule is CNC(=O)[C@H](CCCCN)NC(=O)C(CC(C)C)C(S)CC(=O)OC(C)C.Cl. The van der Waals surface area contributed by atoms with E-state index >= 15 is 0 Å². The molecule has 0 fully saturated rings. The highest BCUT2D eigenvalue weighted by Gasteiger charge is 2.31. The van der Waals surface area contributed by atoms with Crippen LogP contribution in [-0.2, 0) is 19.1 Å². The van der Waals surface area contributed by atoms with Crippen LogP contribution in [-0.4, -0.2) is 48.8 Å². The van der Waals surface area contributed by atoms with Gasteiger partial charge in [0, 0.05) is 12.3 Å². The van der Waals surface area contributed by atoms with Gasteiger partial charge in [0.1, 0.15) is 6.04 Å². The Morgan fingerprint density at radius 3 is 2.14 bits per heavy atom. The predicted molar refractivity (Wildman–Crippen MR) is 118 cm³/mol. The van der Waals surface area contributed by atoms with Gasteiger partial charge in [0.25, 0.3) is 0 Å². The third kappa shape index (κ3) is 12.5. The average molecular weight is 440 g/mol. The van der Waals surface area contributed by atoms with Crippen molar-refractivity contribution < 1.29 is 19.1 Å². The van der Waals surface area contributed by atoms with Gasteiger partial charge in [-0.1, -0.05) is 13.8 Å². The number of likely N-dealkylation sites (N-methyl/N-ethyl adjacent to an activating group) is 1. The van der Waals surface area contributed by atoms with Crippen molar-refractivity contribution in [3.05, 3.63) is 0 Å². The number of carbonyl (C=O) groups excluding carboxylic acids is 3. The van der Waals surface area contributed by atoms with Crippen LogP contribution in [0.5, 0.6) is 0 Å². The molecule has 9 heteroatoms. The molecule has 0 aliphatic heterocycles. The van der Waals surface area contributed by atoms with Crippen LogP contribution in [0.15, 0.2) is 0 Å². The highest BCUT2D eigenvalue weighted by molar-refractivity contribution is 7.81. The molecule has 3 atom stereocenters. The number of carbonyl (C=O) groups is 3. The van der Waals surface area contributed by atoms with E-state index in [1.165, 1.54) is 0 Å². The minimum atomic E-state index is -0.619. The summed E-state index contributed by atoms with van der Waals surface area (Å²) in [5, 5.41) is 4.94. The van der Waals surface area contributed by atoms with Crippen molar-refractivity contribution in [3.8, 4) is 0 Å². The summed E-state index contributed by atoms with van der Waals surface area (Å²) in [7, 11) is 1.54. The van der Waals surface area contributed by atoms with Crippen LogP contribution in [0.3, 0.4) is 0 Å². The number of amides is 2. The maximum Gasteiger partial charge on any atom is 0.307 e. The Morgan fingerprint density at radius 1 is 1.07 bits per heavy atom. The first-order chi connectivity index (χ1) is 12.6. The first-order valence-electron chi connectivity index (χ1n) is 9.71. The zero-order valence-electron chi connectivity index (χ0n) is 17.7. The van der Waals surface area contributed by atoms with Crippen molar-refractivity contribution in [2.45, 2.75) is 77.2 Å². The number of rotatable bonds is 13. The van der Waals surface area contributed by atoms with E-state index in [0.717, 1.165) is 12.8 Å². The minimum absolute atomic E-state index is 0. The van der Waals surface area contributed by atoms with Gasteiger partial charge in [-0.05, 0) is 52.0 Å². The standard InChI is InChI=1S/C19H37N3O4S.ClH/c1-12(2)10-14(16(27)11-17(23)26-13(3)4)18(24)22-15(19(25)21-5)8-6-7-9-20;/h12-16,27H,6-11,20H2,1-5H3,(H,21,25)(H,22,24);1H/t14?,15-,16?;/m0./s1. The molecular formula is C19H38ClN3O4S. The molecule has 7 nitrogen and oxygen atoms in total. The fourth-order valence-corrected chi connectivity index (χ4v) is 3.19. The van der Waals surface area contributed by atoms with Crippen molar-refractivity contribution in [2.75, 3.05) is 13.6 Å². The van der Waals surface area contributed by atoms with Crippen LogP contribution in [0.2, 0.25) is 0 Å². The molecule has 0 bridgehead atoms. The van der Waals surface area contributed by atoms with E-state index < -0.39 is 17.2 Å². The molecule has 0 aromatic carbocycles. The van der Waals surface area contributed by atoms with Crippen LogP contribution >= 0.6 is 25.0 Å². The van der Waals surface area contributed by atoms with E-state index in [-0.39, 0.29) is 48.6 Å². The second-order valence-electron chi connectivity index (χ2n) is 7.51. The summed E-state index contributed by atoms with van der Waals surface area (Å²) in [6.07, 6.45) is 2.45. The number of nitrogens with one attached hydrogen (secondary N) is 2. The summed E-state index contributed by atoms with van der Waals surface area (Å²) in [5.41, 5.74) is 5.51. The van der Waals surface area contributed by atoms with Crippen LogP contribution in [0, 0.1) is 11.8 Å². The Labute approximate surface area is 181 Å². The van der Waals surface area contributed by atoms with Gasteiger partial charge in [0.05, 0.1) is 18.4 Å². The van der Waals surface area contributed by atoms with Gasteiger partial charge in [-0.15, -0.1) is 12.4 Å². The molecule has 28 heavy (non-hydrogen) atoms. The van der Waals surface area contributed by atoms with Gasteiger partial charge < -0.3 is 21.1 Å². The van der Waals surface area contributed by atoms with Gasteiger partial charge in [-0.3, -0.25) is 14.4 Å². The molecule has 4 N–H and O–H groups in total. The number of unbranched alkanes of at least 4 members (excludes halogenated alkanes) is 1. The molecule has 0 rings (SSSR count). The number of hydrogen-bond acceptors (Lipinski definition) is 6. The Balaban J connectivity index is 0. The number of ether oxygens (including phenoxy) is 1. The molecule has 0 aromatic heterocycles. The van der Waals surface area contributed by atoms with Crippen molar-refractivity contribution >= 4 is 42.8 Å². The summed E-state index contributed by atoms with van der Waals surface area (Å²) < 4.78 is 5.16. The molecule has 0 radical (unpaired) electrons. The first-order valence-corrected chi connectivity index (χ1v) is 10.2. The van der Waals surface area contributed by atoms with Crippen LogP contribution in [0.1, 0.15) is 59.8 Å². The van der Waals surface area contributed by atoms with E-state index in [0.29, 0.717) is 19.4 Å². The third-order valence-corrected chi connectivity index (χ3v) is 4.64. The van der Waals surface area contributed by atoms with E-state index in [1.54, 1.807) is 20.9 Å². The quantitative estimate of drug-likeness (QED) is 0.199. The lowest BCUT2D eigenvalue weighted by atomic mass is 9.91. The smallest absolute Gasteiger partial charge is 0.307 e. The van der Waals surface area contributed by atoms with Crippen LogP contribution in [0.25, 0.3) is 0 Å². The fourth-order valence-electron chi connectivity index (χ4n) is 2.79. The maximum absolute atomic E-state index is 12.9. The van der Waals surface area contributed by atoms with Gasteiger partial charge in [0.15, 0.2) is 0 Å². The normalized spacial score (nSPS) is 14.0. The highest BCUT2D eigenvalue weighted by atomic mass is 35.5. The molecule has 0 aliphatic carbocycles. The Hall–Kier alpha value is -0.990. The van der Waals surface area contributed by atoms with Crippen molar-refractivity contribution in [2.24, 2.45) is 17.6 Å². The molecule has 2 unspecified atom stereocenters. The zero-order valence-corrected chi connectivity index (χ0v) is 19.4. The van der Waals surface area contributed by atoms with E-state index in [2.05, 4.69) is 23.3 Å². The van der Waals surface area contributed by atoms with E-state index in [4.69, 9.17) is 10.5 Å².